The highest BCUT2D eigenvalue weighted by molar-refractivity contribution is 6.02. The van der Waals surface area contributed by atoms with Gasteiger partial charge in [0.2, 0.25) is 5.91 Å². The zero-order valence-corrected chi connectivity index (χ0v) is 10.7. The lowest BCUT2D eigenvalue weighted by molar-refractivity contribution is -0.126. The van der Waals surface area contributed by atoms with E-state index < -0.39 is 13.0 Å². The number of hydrogen-bond donors (Lipinski definition) is 0. The minimum atomic E-state index is -2.53. The molecule has 0 aromatic heterocycles. The first-order valence-corrected chi connectivity index (χ1v) is 6.56. The third-order valence-electron chi connectivity index (χ3n) is 3.55. The van der Waals surface area contributed by atoms with Crippen molar-refractivity contribution >= 4 is 11.9 Å². The molecule has 0 atom stereocenters. The van der Waals surface area contributed by atoms with Crippen LogP contribution in [0.2, 0.25) is 0 Å². The lowest BCUT2D eigenvalue weighted by atomic mass is 10.2. The van der Waals surface area contributed by atoms with E-state index in [1.165, 1.54) is 0 Å². The Bertz CT molecular complexity index is 346. The number of carbonyl (C=O) groups is 2. The van der Waals surface area contributed by atoms with Crippen molar-refractivity contribution in [2.24, 2.45) is 0 Å². The lowest BCUT2D eigenvalue weighted by Crippen LogP contribution is -2.39. The van der Waals surface area contributed by atoms with E-state index in [0.717, 1.165) is 30.6 Å². The van der Waals surface area contributed by atoms with Crippen LogP contribution in [0.25, 0.3) is 0 Å². The number of halogens is 2. The second kappa shape index (κ2) is 6.27. The second-order valence-electron chi connectivity index (χ2n) is 4.86. The number of imide groups is 1. The summed E-state index contributed by atoms with van der Waals surface area (Å²) in [4.78, 5) is 26.5. The molecule has 1 aliphatic heterocycles. The number of ether oxygens (including phenoxy) is 1. The molecule has 0 aromatic carbocycles. The summed E-state index contributed by atoms with van der Waals surface area (Å²) in [6.45, 7) is -0.547. The van der Waals surface area contributed by atoms with Crippen LogP contribution >= 0.6 is 0 Å². The van der Waals surface area contributed by atoms with Gasteiger partial charge < -0.3 is 9.64 Å². The van der Waals surface area contributed by atoms with E-state index in [4.69, 9.17) is 4.74 Å². The van der Waals surface area contributed by atoms with Crippen LogP contribution in [-0.4, -0.2) is 60.5 Å². The molecule has 2 aliphatic rings. The molecule has 7 heteroatoms. The summed E-state index contributed by atoms with van der Waals surface area (Å²) in [6, 6.07) is -0.152. The molecule has 1 aliphatic carbocycles. The fourth-order valence-corrected chi connectivity index (χ4v) is 2.61. The Morgan fingerprint density at radius 3 is 2.58 bits per heavy atom. The standard InChI is InChI=1S/C12H18F2N2O3/c13-10(14)8-19-6-5-15-11(17)7-16(12(15)18)9-3-1-2-4-9/h9-10H,1-8H2. The van der Waals surface area contributed by atoms with Gasteiger partial charge in [-0.2, -0.15) is 0 Å². The molecule has 0 radical (unpaired) electrons. The minimum Gasteiger partial charge on any atom is -0.374 e. The summed E-state index contributed by atoms with van der Waals surface area (Å²) in [5.41, 5.74) is 0. The summed E-state index contributed by atoms with van der Waals surface area (Å²) in [5.74, 6) is -0.266. The number of alkyl halides is 2. The molecular weight excluding hydrogens is 258 g/mol. The molecule has 1 saturated heterocycles. The summed E-state index contributed by atoms with van der Waals surface area (Å²) in [6.07, 6.45) is 1.52. The molecule has 108 valence electrons. The molecule has 1 heterocycles. The maximum atomic E-state index is 12.1. The second-order valence-corrected chi connectivity index (χ2v) is 4.86. The van der Waals surface area contributed by atoms with Gasteiger partial charge in [0.1, 0.15) is 13.2 Å². The molecule has 1 saturated carbocycles. The quantitative estimate of drug-likeness (QED) is 0.545. The number of nitrogens with zero attached hydrogens (tertiary/aromatic N) is 2. The van der Waals surface area contributed by atoms with Crippen LogP contribution in [0.5, 0.6) is 0 Å². The third-order valence-corrected chi connectivity index (χ3v) is 3.55. The Labute approximate surface area is 110 Å². The topological polar surface area (TPSA) is 49.9 Å². The van der Waals surface area contributed by atoms with Crippen molar-refractivity contribution in [1.29, 1.82) is 0 Å². The van der Waals surface area contributed by atoms with E-state index in [-0.39, 0.29) is 37.7 Å². The summed E-state index contributed by atoms with van der Waals surface area (Å²) < 4.78 is 28.4. The fourth-order valence-electron chi connectivity index (χ4n) is 2.61. The predicted octanol–water partition coefficient (Wildman–Crippen LogP) is 1.47. The smallest absolute Gasteiger partial charge is 0.327 e. The number of rotatable bonds is 6. The van der Waals surface area contributed by atoms with Gasteiger partial charge in [-0.25, -0.2) is 13.6 Å². The van der Waals surface area contributed by atoms with E-state index in [1.54, 1.807) is 4.90 Å². The molecule has 0 N–H and O–H groups in total. The van der Waals surface area contributed by atoms with Crippen molar-refractivity contribution in [2.75, 3.05) is 26.3 Å². The Kier molecular flexibility index (Phi) is 4.68. The maximum absolute atomic E-state index is 12.1. The van der Waals surface area contributed by atoms with Crippen molar-refractivity contribution in [3.63, 3.8) is 0 Å². The number of urea groups is 1. The first-order chi connectivity index (χ1) is 9.09. The van der Waals surface area contributed by atoms with Crippen molar-refractivity contribution in [3.05, 3.63) is 0 Å². The molecule has 2 rings (SSSR count). The van der Waals surface area contributed by atoms with E-state index >= 15 is 0 Å². The van der Waals surface area contributed by atoms with Crippen LogP contribution in [0, 0.1) is 0 Å². The van der Waals surface area contributed by atoms with E-state index in [0.29, 0.717) is 0 Å². The van der Waals surface area contributed by atoms with Crippen LogP contribution in [0.3, 0.4) is 0 Å². The molecular formula is C12H18F2N2O3. The largest absolute Gasteiger partial charge is 0.374 e. The van der Waals surface area contributed by atoms with E-state index in [9.17, 15) is 18.4 Å². The molecule has 0 bridgehead atoms. The maximum Gasteiger partial charge on any atom is 0.327 e. The molecule has 2 fully saturated rings. The Hall–Kier alpha value is -1.24. The van der Waals surface area contributed by atoms with Gasteiger partial charge in [-0.15, -0.1) is 0 Å². The third kappa shape index (κ3) is 3.40. The molecule has 0 aromatic rings. The monoisotopic (exact) mass is 276 g/mol. The van der Waals surface area contributed by atoms with Gasteiger partial charge >= 0.3 is 6.03 Å². The highest BCUT2D eigenvalue weighted by atomic mass is 19.3. The van der Waals surface area contributed by atoms with Gasteiger partial charge in [0.25, 0.3) is 6.43 Å². The van der Waals surface area contributed by atoms with Gasteiger partial charge in [0.15, 0.2) is 0 Å². The van der Waals surface area contributed by atoms with Crippen molar-refractivity contribution < 1.29 is 23.1 Å². The van der Waals surface area contributed by atoms with Crippen LogP contribution in [0.1, 0.15) is 25.7 Å². The first-order valence-electron chi connectivity index (χ1n) is 6.56. The SMILES string of the molecule is O=C1CN(C2CCCC2)C(=O)N1CCOCC(F)F. The molecule has 3 amide bonds. The average molecular weight is 276 g/mol. The molecule has 19 heavy (non-hydrogen) atoms. The van der Waals surface area contributed by atoms with E-state index in [2.05, 4.69) is 0 Å². The van der Waals surface area contributed by atoms with Crippen molar-refractivity contribution in [2.45, 2.75) is 38.2 Å². The zero-order valence-electron chi connectivity index (χ0n) is 10.7. The van der Waals surface area contributed by atoms with Gasteiger partial charge in [0.05, 0.1) is 13.2 Å². The first kappa shape index (κ1) is 14.2. The van der Waals surface area contributed by atoms with Gasteiger partial charge in [0, 0.05) is 6.04 Å². The Morgan fingerprint density at radius 2 is 1.95 bits per heavy atom. The van der Waals surface area contributed by atoms with Gasteiger partial charge in [-0.3, -0.25) is 9.69 Å². The Balaban J connectivity index is 1.81. The summed E-state index contributed by atoms with van der Waals surface area (Å²) in [5, 5.41) is 0. The molecule has 0 spiro atoms. The van der Waals surface area contributed by atoms with Crippen LogP contribution in [-0.2, 0) is 9.53 Å². The van der Waals surface area contributed by atoms with Crippen LogP contribution in [0.15, 0.2) is 0 Å². The average Bonchev–Trinajstić information content (AvgIpc) is 2.95. The minimum absolute atomic E-state index is 0.0413. The van der Waals surface area contributed by atoms with Gasteiger partial charge in [-0.1, -0.05) is 12.8 Å². The summed E-state index contributed by atoms with van der Waals surface area (Å²) in [7, 11) is 0. The Morgan fingerprint density at radius 1 is 1.26 bits per heavy atom. The zero-order chi connectivity index (χ0) is 13.8. The molecule has 0 unspecified atom stereocenters. The highest BCUT2D eigenvalue weighted by Crippen LogP contribution is 2.26. The van der Waals surface area contributed by atoms with Crippen LogP contribution in [0.4, 0.5) is 13.6 Å². The lowest BCUT2D eigenvalue weighted by Gasteiger charge is -2.22. The number of amides is 3. The van der Waals surface area contributed by atoms with Crippen LogP contribution < -0.4 is 0 Å². The van der Waals surface area contributed by atoms with Crippen molar-refractivity contribution in [3.8, 4) is 0 Å². The van der Waals surface area contributed by atoms with E-state index in [1.807, 2.05) is 0 Å². The van der Waals surface area contributed by atoms with Crippen molar-refractivity contribution in [1.82, 2.24) is 9.80 Å². The normalized spacial score (nSPS) is 21.2. The summed E-state index contributed by atoms with van der Waals surface area (Å²) >= 11 is 0. The number of carbonyl (C=O) groups excluding carboxylic acids is 2. The molecule has 5 nitrogen and oxygen atoms in total. The fraction of sp³-hybridized carbons (Fsp3) is 0.833. The number of hydrogen-bond acceptors (Lipinski definition) is 3. The van der Waals surface area contributed by atoms with Gasteiger partial charge in [-0.05, 0) is 12.8 Å². The highest BCUT2D eigenvalue weighted by Gasteiger charge is 2.40. The predicted molar refractivity (Wildman–Crippen MR) is 62.9 cm³/mol.